The Morgan fingerprint density at radius 2 is 2.21 bits per heavy atom. The number of hydrogen-bond acceptors (Lipinski definition) is 6. The van der Waals surface area contributed by atoms with E-state index in [0.717, 1.165) is 18.9 Å². The molecule has 0 aromatic carbocycles. The number of anilines is 1. The van der Waals surface area contributed by atoms with E-state index in [4.69, 9.17) is 5.73 Å². The molecule has 2 aromatic heterocycles. The van der Waals surface area contributed by atoms with Crippen LogP contribution in [0.5, 0.6) is 0 Å². The van der Waals surface area contributed by atoms with Crippen molar-refractivity contribution in [1.82, 2.24) is 20.3 Å². The van der Waals surface area contributed by atoms with Gasteiger partial charge in [0.25, 0.3) is 5.91 Å². The number of nitrogens with zero attached hydrogens (tertiary/aromatic N) is 4. The number of pyridine rings is 1. The highest BCUT2D eigenvalue weighted by Crippen LogP contribution is 2.53. The smallest absolute Gasteiger partial charge is 0.269 e. The molecule has 3 heterocycles. The van der Waals surface area contributed by atoms with Crippen LogP contribution in [0.25, 0.3) is 11.4 Å². The lowest BCUT2D eigenvalue weighted by Gasteiger charge is -2.18. The summed E-state index contributed by atoms with van der Waals surface area (Å²) in [4.78, 5) is 27.2. The molecule has 24 heavy (non-hydrogen) atoms. The average Bonchev–Trinajstić information content (AvgIpc) is 3.28. The van der Waals surface area contributed by atoms with Gasteiger partial charge in [-0.3, -0.25) is 9.78 Å². The molecule has 1 unspecified atom stereocenters. The zero-order valence-electron chi connectivity index (χ0n) is 13.6. The van der Waals surface area contributed by atoms with Crippen molar-refractivity contribution in [2.24, 2.45) is 11.1 Å². The number of rotatable bonds is 4. The lowest BCUT2D eigenvalue weighted by atomic mass is 10.0. The molecule has 1 aliphatic carbocycles. The van der Waals surface area contributed by atoms with Gasteiger partial charge in [0, 0.05) is 30.7 Å². The number of nitrogens with two attached hydrogens (primary N) is 1. The maximum absolute atomic E-state index is 11.7. The first-order valence-corrected chi connectivity index (χ1v) is 8.13. The fraction of sp³-hybridized carbons (Fsp3) is 0.412. The van der Waals surface area contributed by atoms with Crippen LogP contribution in [-0.2, 0) is 0 Å². The minimum Gasteiger partial charge on any atom is -0.364 e. The van der Waals surface area contributed by atoms with E-state index < -0.39 is 5.91 Å². The Balaban J connectivity index is 1.72. The molecule has 1 amide bonds. The summed E-state index contributed by atoms with van der Waals surface area (Å²) in [6.07, 6.45) is 5.80. The molecule has 124 valence electrons. The Hall–Kier alpha value is -2.54. The van der Waals surface area contributed by atoms with Gasteiger partial charge in [0.15, 0.2) is 5.69 Å². The molecule has 7 heteroatoms. The topological polar surface area (TPSA) is 97.0 Å². The lowest BCUT2D eigenvalue weighted by Crippen LogP contribution is -2.34. The molecule has 4 rings (SSSR count). The predicted octanol–water partition coefficient (Wildman–Crippen LogP) is 0.826. The maximum Gasteiger partial charge on any atom is 0.269 e. The molecule has 3 N–H and O–H groups in total. The second-order valence-corrected chi connectivity index (χ2v) is 6.59. The summed E-state index contributed by atoms with van der Waals surface area (Å²) in [5.41, 5.74) is 7.03. The molecule has 7 nitrogen and oxygen atoms in total. The Morgan fingerprint density at radius 3 is 2.79 bits per heavy atom. The van der Waals surface area contributed by atoms with Gasteiger partial charge in [-0.25, -0.2) is 9.97 Å². The minimum absolute atomic E-state index is 0.156. The third kappa shape index (κ3) is 2.41. The molecule has 1 spiro atoms. The molecule has 1 atom stereocenters. The van der Waals surface area contributed by atoms with Crippen molar-refractivity contribution in [2.45, 2.75) is 18.9 Å². The molecule has 2 aliphatic rings. The van der Waals surface area contributed by atoms with Gasteiger partial charge in [0.2, 0.25) is 0 Å². The number of nitrogens with one attached hydrogen (secondary N) is 1. The summed E-state index contributed by atoms with van der Waals surface area (Å²) in [6.45, 7) is 1.85. The normalized spacial score (nSPS) is 21.2. The second kappa shape index (κ2) is 5.52. The van der Waals surface area contributed by atoms with Crippen LogP contribution in [0.1, 0.15) is 23.3 Å². The van der Waals surface area contributed by atoms with Crippen molar-refractivity contribution in [3.8, 4) is 11.4 Å². The largest absolute Gasteiger partial charge is 0.364 e. The standard InChI is InChI=1S/C17H20N6O/c1-19-12-9-23(10-17(12)5-6-17)13-8-21-15(16(18)24)14(22-13)11-4-2-3-7-20-11/h2-4,7-8,12,19H,5-6,9-10H2,1H3,(H2,18,24). The maximum atomic E-state index is 11.7. The van der Waals surface area contributed by atoms with Gasteiger partial charge in [-0.1, -0.05) is 6.07 Å². The quantitative estimate of drug-likeness (QED) is 0.864. The van der Waals surface area contributed by atoms with Crippen molar-refractivity contribution in [2.75, 3.05) is 25.0 Å². The Morgan fingerprint density at radius 1 is 1.38 bits per heavy atom. The van der Waals surface area contributed by atoms with Crippen LogP contribution in [-0.4, -0.2) is 47.0 Å². The van der Waals surface area contributed by atoms with Crippen molar-refractivity contribution in [3.05, 3.63) is 36.3 Å². The highest BCUT2D eigenvalue weighted by atomic mass is 16.1. The zero-order chi connectivity index (χ0) is 16.7. The van der Waals surface area contributed by atoms with Gasteiger partial charge in [-0.2, -0.15) is 0 Å². The van der Waals surface area contributed by atoms with Crippen LogP contribution in [0.4, 0.5) is 5.82 Å². The van der Waals surface area contributed by atoms with Crippen LogP contribution in [0, 0.1) is 5.41 Å². The fourth-order valence-electron chi connectivity index (χ4n) is 3.60. The number of carbonyl (C=O) groups is 1. The fourth-order valence-corrected chi connectivity index (χ4v) is 3.60. The molecule has 0 radical (unpaired) electrons. The number of aromatic nitrogens is 3. The van der Waals surface area contributed by atoms with Gasteiger partial charge in [0.05, 0.1) is 11.9 Å². The van der Waals surface area contributed by atoms with E-state index in [-0.39, 0.29) is 5.69 Å². The molecule has 1 aliphatic heterocycles. The van der Waals surface area contributed by atoms with Gasteiger partial charge < -0.3 is 16.0 Å². The molecule has 0 bridgehead atoms. The summed E-state index contributed by atoms with van der Waals surface area (Å²) in [5, 5.41) is 3.42. The number of likely N-dealkylation sites (N-methyl/N-ethyl adjacent to an activating group) is 1. The molecule has 1 saturated heterocycles. The molecular formula is C17H20N6O. The van der Waals surface area contributed by atoms with Gasteiger partial charge >= 0.3 is 0 Å². The number of amides is 1. The molecule has 2 fully saturated rings. The Bertz CT molecular complexity index is 774. The third-order valence-corrected chi connectivity index (χ3v) is 5.11. The first-order valence-electron chi connectivity index (χ1n) is 8.13. The average molecular weight is 324 g/mol. The first-order chi connectivity index (χ1) is 11.6. The van der Waals surface area contributed by atoms with Crippen LogP contribution in [0.2, 0.25) is 0 Å². The third-order valence-electron chi connectivity index (χ3n) is 5.11. The van der Waals surface area contributed by atoms with E-state index in [9.17, 15) is 4.79 Å². The van der Waals surface area contributed by atoms with E-state index >= 15 is 0 Å². The van der Waals surface area contributed by atoms with E-state index in [2.05, 4.69) is 25.2 Å². The summed E-state index contributed by atoms with van der Waals surface area (Å²) in [5.74, 6) is 0.174. The van der Waals surface area contributed by atoms with Crippen LogP contribution < -0.4 is 16.0 Å². The van der Waals surface area contributed by atoms with Crippen LogP contribution in [0.3, 0.4) is 0 Å². The molecular weight excluding hydrogens is 304 g/mol. The summed E-state index contributed by atoms with van der Waals surface area (Å²) in [6, 6.07) is 5.95. The monoisotopic (exact) mass is 324 g/mol. The van der Waals surface area contributed by atoms with E-state index in [1.54, 1.807) is 12.4 Å². The predicted molar refractivity (Wildman–Crippen MR) is 90.5 cm³/mol. The van der Waals surface area contributed by atoms with Crippen molar-refractivity contribution in [1.29, 1.82) is 0 Å². The first kappa shape index (κ1) is 15.0. The van der Waals surface area contributed by atoms with Crippen molar-refractivity contribution < 1.29 is 4.79 Å². The molecule has 2 aromatic rings. The highest BCUT2D eigenvalue weighted by Gasteiger charge is 2.54. The SMILES string of the molecule is CNC1CN(c2cnc(C(N)=O)c(-c3ccccn3)n2)CC12CC2. The lowest BCUT2D eigenvalue weighted by molar-refractivity contribution is 0.0996. The van der Waals surface area contributed by atoms with Crippen LogP contribution in [0.15, 0.2) is 30.6 Å². The van der Waals surface area contributed by atoms with Crippen molar-refractivity contribution >= 4 is 11.7 Å². The van der Waals surface area contributed by atoms with E-state index in [1.165, 1.54) is 12.8 Å². The number of hydrogen-bond donors (Lipinski definition) is 2. The summed E-state index contributed by atoms with van der Waals surface area (Å²) in [7, 11) is 2.01. The van der Waals surface area contributed by atoms with Gasteiger partial charge in [-0.05, 0) is 32.0 Å². The number of primary amides is 1. The van der Waals surface area contributed by atoms with E-state index in [0.29, 0.717) is 22.8 Å². The summed E-state index contributed by atoms with van der Waals surface area (Å²) < 4.78 is 0. The minimum atomic E-state index is -0.595. The Labute approximate surface area is 140 Å². The second-order valence-electron chi connectivity index (χ2n) is 6.59. The zero-order valence-corrected chi connectivity index (χ0v) is 13.6. The van der Waals surface area contributed by atoms with E-state index in [1.807, 2.05) is 25.2 Å². The van der Waals surface area contributed by atoms with Gasteiger partial charge in [-0.15, -0.1) is 0 Å². The van der Waals surface area contributed by atoms with Crippen molar-refractivity contribution in [3.63, 3.8) is 0 Å². The molecule has 1 saturated carbocycles. The summed E-state index contributed by atoms with van der Waals surface area (Å²) >= 11 is 0. The highest BCUT2D eigenvalue weighted by molar-refractivity contribution is 5.96. The van der Waals surface area contributed by atoms with Gasteiger partial charge in [0.1, 0.15) is 11.5 Å². The number of carbonyl (C=O) groups excluding carboxylic acids is 1. The Kier molecular flexibility index (Phi) is 3.45. The van der Waals surface area contributed by atoms with Crippen LogP contribution >= 0.6 is 0 Å².